The van der Waals surface area contributed by atoms with Gasteiger partial charge in [-0.05, 0) is 49.2 Å². The number of hydrogen-bond donors (Lipinski definition) is 2. The van der Waals surface area contributed by atoms with Gasteiger partial charge in [0, 0.05) is 36.8 Å². The van der Waals surface area contributed by atoms with Crippen molar-refractivity contribution in [1.82, 2.24) is 15.0 Å². The molecule has 1 aromatic heterocycles. The van der Waals surface area contributed by atoms with E-state index in [1.165, 1.54) is 12.3 Å². The van der Waals surface area contributed by atoms with Crippen LogP contribution in [0.1, 0.15) is 18.4 Å². The van der Waals surface area contributed by atoms with E-state index in [4.69, 9.17) is 32.9 Å². The maximum absolute atomic E-state index is 10.3. The largest absolute Gasteiger partial charge is 0.507 e. The molecule has 0 bridgehead atoms. The number of nitrogens with zero attached hydrogens (tertiary/aromatic N) is 8. The van der Waals surface area contributed by atoms with Gasteiger partial charge < -0.3 is 19.6 Å². The van der Waals surface area contributed by atoms with Crippen LogP contribution in [0.3, 0.4) is 0 Å². The van der Waals surface area contributed by atoms with E-state index in [1.807, 2.05) is 0 Å². The summed E-state index contributed by atoms with van der Waals surface area (Å²) in [6.45, 7) is 4.49. The smallest absolute Gasteiger partial charge is 0.250 e. The third-order valence-electron chi connectivity index (χ3n) is 5.86. The van der Waals surface area contributed by atoms with Crippen LogP contribution in [0, 0.1) is 0 Å². The highest BCUT2D eigenvalue weighted by molar-refractivity contribution is 6.36. The van der Waals surface area contributed by atoms with E-state index in [9.17, 15) is 5.11 Å². The molecule has 192 valence electrons. The second kappa shape index (κ2) is 11.7. The summed E-state index contributed by atoms with van der Waals surface area (Å²) in [5, 5.41) is 23.8. The fourth-order valence-electron chi connectivity index (χ4n) is 3.91. The van der Waals surface area contributed by atoms with Crippen LogP contribution >= 0.6 is 23.2 Å². The minimum Gasteiger partial charge on any atom is -0.507 e. The van der Waals surface area contributed by atoms with Crippen LogP contribution in [0.2, 0.25) is 10.0 Å². The van der Waals surface area contributed by atoms with Crippen molar-refractivity contribution >= 4 is 58.6 Å². The van der Waals surface area contributed by atoms with Gasteiger partial charge in [-0.2, -0.15) is 25.2 Å². The molecule has 3 aromatic rings. The Morgan fingerprint density at radius 2 is 1.62 bits per heavy atom. The van der Waals surface area contributed by atoms with Gasteiger partial charge in [-0.3, -0.25) is 0 Å². The molecule has 0 saturated carbocycles. The average Bonchev–Trinajstić information content (AvgIpc) is 3.45. The highest BCUT2D eigenvalue weighted by Gasteiger charge is 2.21. The molecule has 2 saturated heterocycles. The van der Waals surface area contributed by atoms with E-state index in [0.717, 1.165) is 25.9 Å². The predicted molar refractivity (Wildman–Crippen MR) is 144 cm³/mol. The highest BCUT2D eigenvalue weighted by Crippen LogP contribution is 2.30. The Bertz CT molecular complexity index is 1310. The topological polar surface area (TPSA) is 124 Å². The maximum Gasteiger partial charge on any atom is 0.250 e. The van der Waals surface area contributed by atoms with Gasteiger partial charge in [-0.1, -0.05) is 23.2 Å². The molecule has 0 radical (unpaired) electrons. The zero-order valence-corrected chi connectivity index (χ0v) is 21.4. The lowest BCUT2D eigenvalue weighted by atomic mass is 10.2. The average molecular weight is 542 g/mol. The third-order valence-corrected chi connectivity index (χ3v) is 6.39. The first kappa shape index (κ1) is 25.1. The van der Waals surface area contributed by atoms with Gasteiger partial charge >= 0.3 is 0 Å². The van der Waals surface area contributed by atoms with Gasteiger partial charge in [0.1, 0.15) is 11.4 Å². The quantitative estimate of drug-likeness (QED) is 0.238. The molecule has 2 N–H and O–H groups in total. The summed E-state index contributed by atoms with van der Waals surface area (Å²) in [7, 11) is 0. The SMILES string of the molecule is Oc1ccc(N=Nc2ccc(Cl)cc2Cl)cc1/C=N\Nc1nc(N2CCCC2)nc(N2CCOCC2)n1. The molecule has 0 unspecified atom stereocenters. The number of nitrogens with one attached hydrogen (secondary N) is 1. The number of hydrazone groups is 1. The van der Waals surface area contributed by atoms with Crippen LogP contribution in [-0.2, 0) is 4.74 Å². The van der Waals surface area contributed by atoms with Crippen molar-refractivity contribution < 1.29 is 9.84 Å². The van der Waals surface area contributed by atoms with Crippen LogP contribution < -0.4 is 15.2 Å². The molecule has 0 spiro atoms. The molecule has 0 amide bonds. The fraction of sp³-hybridized carbons (Fsp3) is 0.333. The monoisotopic (exact) mass is 541 g/mol. The van der Waals surface area contributed by atoms with E-state index < -0.39 is 0 Å². The van der Waals surface area contributed by atoms with Gasteiger partial charge in [-0.25, -0.2) is 5.43 Å². The molecule has 2 aromatic carbocycles. The Kier molecular flexibility index (Phi) is 7.93. The Morgan fingerprint density at radius 3 is 2.35 bits per heavy atom. The van der Waals surface area contributed by atoms with Crippen LogP contribution in [-0.4, -0.2) is 65.7 Å². The van der Waals surface area contributed by atoms with Crippen molar-refractivity contribution in [1.29, 1.82) is 0 Å². The summed E-state index contributed by atoms with van der Waals surface area (Å²) in [6, 6.07) is 9.76. The summed E-state index contributed by atoms with van der Waals surface area (Å²) < 4.78 is 5.46. The summed E-state index contributed by atoms with van der Waals surface area (Å²) >= 11 is 12.1. The fourth-order valence-corrected chi connectivity index (χ4v) is 4.35. The van der Waals surface area contributed by atoms with Crippen molar-refractivity contribution in [2.45, 2.75) is 12.8 Å². The molecule has 37 heavy (non-hydrogen) atoms. The van der Waals surface area contributed by atoms with E-state index in [2.05, 4.69) is 40.5 Å². The number of rotatable bonds is 7. The molecular weight excluding hydrogens is 517 g/mol. The van der Waals surface area contributed by atoms with Gasteiger partial charge in [0.15, 0.2) is 0 Å². The number of aromatic hydroxyl groups is 1. The number of azo groups is 1. The Labute approximate surface area is 223 Å². The van der Waals surface area contributed by atoms with Crippen molar-refractivity contribution in [3.63, 3.8) is 0 Å². The number of ether oxygens (including phenoxy) is 1. The second-order valence-electron chi connectivity index (χ2n) is 8.46. The van der Waals surface area contributed by atoms with E-state index in [0.29, 0.717) is 71.1 Å². The number of hydrogen-bond acceptors (Lipinski definition) is 11. The lowest BCUT2D eigenvalue weighted by molar-refractivity contribution is 0.122. The first-order chi connectivity index (χ1) is 18.0. The number of phenolic OH excluding ortho intramolecular Hbond substituents is 1. The van der Waals surface area contributed by atoms with Crippen molar-refractivity contribution in [3.05, 3.63) is 52.0 Å². The summed E-state index contributed by atoms with van der Waals surface area (Å²) in [5.74, 6) is 1.57. The van der Waals surface area contributed by atoms with Crippen LogP contribution in [0.5, 0.6) is 5.75 Å². The number of aromatic nitrogens is 3. The van der Waals surface area contributed by atoms with Crippen molar-refractivity contribution in [2.24, 2.45) is 15.3 Å². The number of halogens is 2. The zero-order chi connectivity index (χ0) is 25.6. The molecular formula is C24H25Cl2N9O2. The Hall–Kier alpha value is -3.54. The molecule has 3 heterocycles. The van der Waals surface area contributed by atoms with Gasteiger partial charge in [0.2, 0.25) is 17.8 Å². The number of phenols is 1. The predicted octanol–water partition coefficient (Wildman–Crippen LogP) is 5.18. The summed E-state index contributed by atoms with van der Waals surface area (Å²) in [6.07, 6.45) is 3.69. The minimum absolute atomic E-state index is 0.0384. The molecule has 11 nitrogen and oxygen atoms in total. The van der Waals surface area contributed by atoms with Crippen LogP contribution in [0.4, 0.5) is 29.2 Å². The van der Waals surface area contributed by atoms with E-state index >= 15 is 0 Å². The van der Waals surface area contributed by atoms with Gasteiger partial charge in [0.25, 0.3) is 0 Å². The molecule has 5 rings (SSSR count). The number of anilines is 3. The summed E-state index contributed by atoms with van der Waals surface area (Å²) in [5.41, 5.74) is 4.31. The lowest BCUT2D eigenvalue weighted by Gasteiger charge is -2.27. The third kappa shape index (κ3) is 6.43. The first-order valence-electron chi connectivity index (χ1n) is 11.9. The summed E-state index contributed by atoms with van der Waals surface area (Å²) in [4.78, 5) is 18.0. The molecule has 2 fully saturated rings. The standard InChI is InChI=1S/C24H25Cl2N9O2/c25-17-3-5-20(19(26)14-17)32-31-18-4-6-21(36)16(13-18)15-27-33-22-28-23(34-7-1-2-8-34)30-24(29-22)35-9-11-37-12-10-35/h3-6,13-15,36H,1-2,7-12H2,(H,28,29,30,33)/b27-15-,32-31?. The lowest BCUT2D eigenvalue weighted by Crippen LogP contribution is -2.38. The van der Waals surface area contributed by atoms with Gasteiger partial charge in [0.05, 0.1) is 30.1 Å². The molecule has 2 aliphatic rings. The maximum atomic E-state index is 10.3. The first-order valence-corrected chi connectivity index (χ1v) is 12.6. The molecule has 2 aliphatic heterocycles. The van der Waals surface area contributed by atoms with Crippen molar-refractivity contribution in [3.8, 4) is 5.75 Å². The number of morpholine rings is 1. The molecule has 13 heteroatoms. The Morgan fingerprint density at radius 1 is 0.892 bits per heavy atom. The highest BCUT2D eigenvalue weighted by atomic mass is 35.5. The van der Waals surface area contributed by atoms with Crippen LogP contribution in [0.15, 0.2) is 51.7 Å². The minimum atomic E-state index is 0.0384. The van der Waals surface area contributed by atoms with Crippen molar-refractivity contribution in [2.75, 3.05) is 54.6 Å². The Balaban J connectivity index is 1.33. The van der Waals surface area contributed by atoms with E-state index in [1.54, 1.807) is 30.3 Å². The molecule has 0 aliphatic carbocycles. The molecule has 0 atom stereocenters. The van der Waals surface area contributed by atoms with E-state index in [-0.39, 0.29) is 5.75 Å². The normalized spacial score (nSPS) is 16.3. The van der Waals surface area contributed by atoms with Gasteiger partial charge in [-0.15, -0.1) is 5.11 Å². The zero-order valence-electron chi connectivity index (χ0n) is 19.9. The second-order valence-corrected chi connectivity index (χ2v) is 9.31. The number of benzene rings is 2. The van der Waals surface area contributed by atoms with Crippen LogP contribution in [0.25, 0.3) is 0 Å².